The highest BCUT2D eigenvalue weighted by Gasteiger charge is 2.44. The van der Waals surface area contributed by atoms with Crippen molar-refractivity contribution in [2.45, 2.75) is 18.6 Å². The highest BCUT2D eigenvalue weighted by atomic mass is 19.1. The van der Waals surface area contributed by atoms with Crippen molar-refractivity contribution in [3.8, 4) is 0 Å². The molecule has 2 atom stereocenters. The third kappa shape index (κ3) is 6.06. The van der Waals surface area contributed by atoms with E-state index in [4.69, 9.17) is 0 Å². The van der Waals surface area contributed by atoms with Crippen molar-refractivity contribution in [3.05, 3.63) is 105 Å². The Balaban J connectivity index is 1.71. The van der Waals surface area contributed by atoms with Gasteiger partial charge in [-0.1, -0.05) is 12.1 Å². The maximum atomic E-state index is 13.9. The highest BCUT2D eigenvalue weighted by molar-refractivity contribution is 6.02. The number of non-ortho nitro benzene ring substituents is 1. The number of hydrogen-bond donors (Lipinski definition) is 2. The lowest BCUT2D eigenvalue weighted by Crippen LogP contribution is -2.54. The van der Waals surface area contributed by atoms with Gasteiger partial charge < -0.3 is 20.2 Å². The normalized spacial score (nSPS) is 15.4. The van der Waals surface area contributed by atoms with Gasteiger partial charge in [-0.05, 0) is 29.8 Å². The monoisotopic (exact) mass is 553 g/mol. The lowest BCUT2D eigenvalue weighted by Gasteiger charge is -2.31. The number of rotatable bonds is 8. The second-order valence-electron chi connectivity index (χ2n) is 8.78. The molecule has 0 bridgehead atoms. The average molecular weight is 553 g/mol. The van der Waals surface area contributed by atoms with Gasteiger partial charge in [0.15, 0.2) is 6.17 Å². The van der Waals surface area contributed by atoms with Crippen molar-refractivity contribution in [1.82, 2.24) is 20.1 Å². The zero-order valence-corrected chi connectivity index (χ0v) is 20.6. The van der Waals surface area contributed by atoms with Crippen LogP contribution in [0.5, 0.6) is 0 Å². The largest absolute Gasteiger partial charge is 0.481 e. The molecule has 2 N–H and O–H groups in total. The van der Waals surface area contributed by atoms with Gasteiger partial charge in [-0.3, -0.25) is 34.3 Å². The van der Waals surface area contributed by atoms with Crippen LogP contribution in [0.3, 0.4) is 0 Å². The minimum atomic E-state index is -1.64. The van der Waals surface area contributed by atoms with Crippen molar-refractivity contribution >= 4 is 29.4 Å². The summed E-state index contributed by atoms with van der Waals surface area (Å²) in [6.45, 7) is -0.324. The molecular formula is C26H21F2N5O7. The number of nitro benzene ring substituents is 1. The topological polar surface area (TPSA) is 163 Å². The van der Waals surface area contributed by atoms with E-state index in [2.05, 4.69) is 10.3 Å². The first-order chi connectivity index (χ1) is 19.0. The van der Waals surface area contributed by atoms with Crippen LogP contribution in [0.4, 0.5) is 14.5 Å². The molecule has 2 unspecified atom stereocenters. The summed E-state index contributed by atoms with van der Waals surface area (Å²) in [7, 11) is 0. The number of carboxylic acid groups (broad SMARTS) is 1. The summed E-state index contributed by atoms with van der Waals surface area (Å²) in [4.78, 5) is 68.3. The Morgan fingerprint density at radius 3 is 2.15 bits per heavy atom. The number of benzene rings is 2. The number of nitrogens with zero attached hydrogens (tertiary/aromatic N) is 4. The molecule has 4 rings (SSSR count). The molecule has 1 aliphatic heterocycles. The van der Waals surface area contributed by atoms with Gasteiger partial charge >= 0.3 is 5.97 Å². The number of aromatic nitrogens is 1. The molecule has 206 valence electrons. The fourth-order valence-corrected chi connectivity index (χ4v) is 4.37. The fraction of sp³-hybridized carbons (Fsp3) is 0.192. The minimum Gasteiger partial charge on any atom is -0.481 e. The van der Waals surface area contributed by atoms with Crippen LogP contribution in [-0.2, 0) is 9.59 Å². The maximum absolute atomic E-state index is 13.9. The number of halogens is 2. The van der Waals surface area contributed by atoms with E-state index < -0.39 is 64.4 Å². The van der Waals surface area contributed by atoms with Gasteiger partial charge in [-0.2, -0.15) is 0 Å². The standard InChI is InChI=1S/C26H21F2N5O7/c27-18-10-17(11-19(28)13-18)26(38)32-9-8-31(25(37)15-4-6-29-7-5-15)24(32)23(36)30-21(14-22(34)35)16-2-1-3-20(12-16)33(39)40/h1-7,10-13,21,24H,8-9,14H2,(H,30,36)(H,34,35). The Morgan fingerprint density at radius 1 is 0.975 bits per heavy atom. The molecule has 0 aliphatic carbocycles. The summed E-state index contributed by atoms with van der Waals surface area (Å²) in [5.41, 5.74) is -0.517. The van der Waals surface area contributed by atoms with E-state index >= 15 is 0 Å². The number of pyridine rings is 1. The SMILES string of the molecule is O=C(O)CC(NC(=O)C1N(C(=O)c2ccncc2)CCN1C(=O)c1cc(F)cc(F)c1)c1cccc([N+](=O)[O-])c1. The second kappa shape index (κ2) is 11.6. The molecule has 12 nitrogen and oxygen atoms in total. The van der Waals surface area contributed by atoms with Crippen LogP contribution in [-0.4, -0.2) is 67.8 Å². The maximum Gasteiger partial charge on any atom is 0.305 e. The molecule has 2 heterocycles. The molecule has 3 aromatic rings. The van der Waals surface area contributed by atoms with Crippen molar-refractivity contribution < 1.29 is 38.0 Å². The number of nitrogens with one attached hydrogen (secondary N) is 1. The zero-order valence-electron chi connectivity index (χ0n) is 20.6. The number of carbonyl (C=O) groups is 4. The van der Waals surface area contributed by atoms with Gasteiger partial charge in [-0.25, -0.2) is 8.78 Å². The smallest absolute Gasteiger partial charge is 0.305 e. The van der Waals surface area contributed by atoms with Gasteiger partial charge in [0.2, 0.25) is 0 Å². The van der Waals surface area contributed by atoms with Gasteiger partial charge in [0.1, 0.15) is 11.6 Å². The van der Waals surface area contributed by atoms with E-state index in [0.29, 0.717) is 6.07 Å². The lowest BCUT2D eigenvalue weighted by molar-refractivity contribution is -0.384. The summed E-state index contributed by atoms with van der Waals surface area (Å²) in [5.74, 6) is -5.98. The summed E-state index contributed by atoms with van der Waals surface area (Å²) in [6.07, 6.45) is 0.375. The Labute approximate surface area is 225 Å². The van der Waals surface area contributed by atoms with Gasteiger partial charge in [-0.15, -0.1) is 0 Å². The fourth-order valence-electron chi connectivity index (χ4n) is 4.37. The van der Waals surface area contributed by atoms with Crippen LogP contribution in [0.15, 0.2) is 67.0 Å². The van der Waals surface area contributed by atoms with Crippen LogP contribution < -0.4 is 5.32 Å². The summed E-state index contributed by atoms with van der Waals surface area (Å²) < 4.78 is 27.7. The summed E-state index contributed by atoms with van der Waals surface area (Å²) in [5, 5.41) is 23.2. The van der Waals surface area contributed by atoms with E-state index in [1.165, 1.54) is 42.7 Å². The van der Waals surface area contributed by atoms with Crippen molar-refractivity contribution in [3.63, 3.8) is 0 Å². The third-order valence-electron chi connectivity index (χ3n) is 6.14. The van der Waals surface area contributed by atoms with Gasteiger partial charge in [0, 0.05) is 54.8 Å². The first-order valence-electron chi connectivity index (χ1n) is 11.8. The predicted octanol–water partition coefficient (Wildman–Crippen LogP) is 2.52. The molecule has 1 fully saturated rings. The minimum absolute atomic E-state index is 0.0973. The molecule has 0 spiro atoms. The molecule has 1 saturated heterocycles. The molecule has 1 aromatic heterocycles. The number of nitro groups is 1. The van der Waals surface area contributed by atoms with Crippen LogP contribution in [0.2, 0.25) is 0 Å². The van der Waals surface area contributed by atoms with Crippen molar-refractivity contribution in [1.29, 1.82) is 0 Å². The summed E-state index contributed by atoms with van der Waals surface area (Å²) >= 11 is 0. The molecule has 40 heavy (non-hydrogen) atoms. The first kappa shape index (κ1) is 27.8. The van der Waals surface area contributed by atoms with E-state index in [1.54, 1.807) is 0 Å². The number of aliphatic carboxylic acids is 1. The van der Waals surface area contributed by atoms with E-state index in [9.17, 15) is 43.2 Å². The quantitative estimate of drug-likeness (QED) is 0.318. The van der Waals surface area contributed by atoms with Crippen LogP contribution in [0.1, 0.15) is 38.7 Å². The molecular weight excluding hydrogens is 532 g/mol. The van der Waals surface area contributed by atoms with Crippen molar-refractivity contribution in [2.75, 3.05) is 13.1 Å². The molecule has 14 heteroatoms. The van der Waals surface area contributed by atoms with E-state index in [-0.39, 0.29) is 29.9 Å². The van der Waals surface area contributed by atoms with Crippen LogP contribution in [0, 0.1) is 21.7 Å². The molecule has 0 radical (unpaired) electrons. The number of carboxylic acids is 1. The number of carbonyl (C=O) groups excluding carboxylic acids is 3. The molecule has 1 aliphatic rings. The van der Waals surface area contributed by atoms with Gasteiger partial charge in [0.05, 0.1) is 17.4 Å². The Morgan fingerprint density at radius 2 is 1.57 bits per heavy atom. The second-order valence-corrected chi connectivity index (χ2v) is 8.78. The molecule has 2 aromatic carbocycles. The Kier molecular flexibility index (Phi) is 8.07. The zero-order chi connectivity index (χ0) is 29.0. The van der Waals surface area contributed by atoms with Crippen LogP contribution >= 0.6 is 0 Å². The Hall–Kier alpha value is -5.27. The average Bonchev–Trinajstić information content (AvgIpc) is 3.37. The number of amides is 3. The van der Waals surface area contributed by atoms with Crippen molar-refractivity contribution in [2.24, 2.45) is 0 Å². The molecule has 0 saturated carbocycles. The predicted molar refractivity (Wildman–Crippen MR) is 133 cm³/mol. The van der Waals surface area contributed by atoms with Gasteiger partial charge in [0.25, 0.3) is 23.4 Å². The molecule has 3 amide bonds. The lowest BCUT2D eigenvalue weighted by atomic mass is 10.0. The first-order valence-corrected chi connectivity index (χ1v) is 11.8. The third-order valence-corrected chi connectivity index (χ3v) is 6.14. The summed E-state index contributed by atoms with van der Waals surface area (Å²) in [6, 6.07) is 8.61. The van der Waals surface area contributed by atoms with E-state index in [1.807, 2.05) is 0 Å². The highest BCUT2D eigenvalue weighted by Crippen LogP contribution is 2.26. The Bertz CT molecular complexity index is 1470. The van der Waals surface area contributed by atoms with Crippen LogP contribution in [0.25, 0.3) is 0 Å². The number of hydrogen-bond acceptors (Lipinski definition) is 7. The van der Waals surface area contributed by atoms with E-state index in [0.717, 1.165) is 28.0 Å².